The van der Waals surface area contributed by atoms with Crippen LogP contribution < -0.4 is 0 Å². The van der Waals surface area contributed by atoms with E-state index in [1.54, 1.807) is 0 Å². The molecular weight excluding hydrogens is 236 g/mol. The van der Waals surface area contributed by atoms with E-state index in [-0.39, 0.29) is 12.0 Å². The summed E-state index contributed by atoms with van der Waals surface area (Å²) >= 11 is 0. The third kappa shape index (κ3) is 3.45. The molecule has 1 saturated heterocycles. The first kappa shape index (κ1) is 15.0. The summed E-state index contributed by atoms with van der Waals surface area (Å²) in [6.45, 7) is 8.75. The van der Waals surface area contributed by atoms with E-state index in [1.165, 1.54) is 13.8 Å². The van der Waals surface area contributed by atoms with Gasteiger partial charge >= 0.3 is 11.9 Å². The van der Waals surface area contributed by atoms with E-state index < -0.39 is 24.3 Å². The molecule has 0 aromatic carbocycles. The molecule has 2 unspecified atom stereocenters. The van der Waals surface area contributed by atoms with Crippen LogP contribution in [0, 0.1) is 11.8 Å². The van der Waals surface area contributed by atoms with Crippen LogP contribution in [0.25, 0.3) is 0 Å². The van der Waals surface area contributed by atoms with Crippen LogP contribution in [0.2, 0.25) is 0 Å². The number of carbonyl (C=O) groups is 2. The van der Waals surface area contributed by atoms with Crippen molar-refractivity contribution in [2.24, 2.45) is 11.8 Å². The zero-order chi connectivity index (χ0) is 13.9. The highest BCUT2D eigenvalue weighted by Gasteiger charge is 2.47. The van der Waals surface area contributed by atoms with Gasteiger partial charge < -0.3 is 14.2 Å². The molecule has 1 aliphatic heterocycles. The summed E-state index contributed by atoms with van der Waals surface area (Å²) in [5.41, 5.74) is 0. The molecule has 104 valence electrons. The van der Waals surface area contributed by atoms with Crippen LogP contribution in [0.3, 0.4) is 0 Å². The van der Waals surface area contributed by atoms with Crippen molar-refractivity contribution in [1.29, 1.82) is 0 Å². The molecule has 5 atom stereocenters. The van der Waals surface area contributed by atoms with Gasteiger partial charge in [-0.05, 0) is 5.92 Å². The molecule has 0 aliphatic carbocycles. The van der Waals surface area contributed by atoms with E-state index in [0.717, 1.165) is 6.42 Å². The second-order valence-corrected chi connectivity index (χ2v) is 4.90. The molecule has 1 heterocycles. The minimum absolute atomic E-state index is 0.00759. The van der Waals surface area contributed by atoms with Crippen molar-refractivity contribution < 1.29 is 23.8 Å². The van der Waals surface area contributed by atoms with E-state index in [2.05, 4.69) is 13.8 Å². The van der Waals surface area contributed by atoms with Crippen molar-refractivity contribution in [2.75, 3.05) is 0 Å². The maximum atomic E-state index is 11.1. The molecule has 0 bridgehead atoms. The molecule has 0 amide bonds. The van der Waals surface area contributed by atoms with Crippen LogP contribution in [-0.2, 0) is 23.8 Å². The van der Waals surface area contributed by atoms with Gasteiger partial charge in [-0.25, -0.2) is 0 Å². The summed E-state index contributed by atoms with van der Waals surface area (Å²) in [6, 6.07) is 0. The highest BCUT2D eigenvalue weighted by molar-refractivity contribution is 5.67. The number of hydrogen-bond acceptors (Lipinski definition) is 5. The van der Waals surface area contributed by atoms with Gasteiger partial charge in [-0.3, -0.25) is 9.59 Å². The lowest BCUT2D eigenvalue weighted by atomic mass is 9.90. The van der Waals surface area contributed by atoms with Crippen molar-refractivity contribution in [2.45, 2.75) is 59.5 Å². The van der Waals surface area contributed by atoms with Gasteiger partial charge in [-0.2, -0.15) is 0 Å². The fourth-order valence-corrected chi connectivity index (χ4v) is 2.29. The van der Waals surface area contributed by atoms with Gasteiger partial charge in [0.1, 0.15) is 0 Å². The number of carbonyl (C=O) groups excluding carboxylic acids is 2. The first-order chi connectivity index (χ1) is 8.36. The number of hydrogen-bond donors (Lipinski definition) is 0. The van der Waals surface area contributed by atoms with E-state index in [1.807, 2.05) is 6.92 Å². The maximum absolute atomic E-state index is 11.1. The minimum Gasteiger partial charge on any atom is -0.455 e. The van der Waals surface area contributed by atoms with Crippen molar-refractivity contribution in [3.8, 4) is 0 Å². The van der Waals surface area contributed by atoms with Gasteiger partial charge in [-0.15, -0.1) is 0 Å². The fraction of sp³-hybridized carbons (Fsp3) is 0.846. The Balaban J connectivity index is 2.80. The molecule has 0 N–H and O–H groups in total. The van der Waals surface area contributed by atoms with Crippen LogP contribution >= 0.6 is 0 Å². The Morgan fingerprint density at radius 2 is 1.78 bits per heavy atom. The summed E-state index contributed by atoms with van der Waals surface area (Å²) in [4.78, 5) is 22.1. The fourth-order valence-electron chi connectivity index (χ4n) is 2.29. The molecule has 5 nitrogen and oxygen atoms in total. The second-order valence-electron chi connectivity index (χ2n) is 4.90. The molecule has 1 fully saturated rings. The Kier molecular flexibility index (Phi) is 5.14. The lowest BCUT2D eigenvalue weighted by Gasteiger charge is -2.22. The maximum Gasteiger partial charge on any atom is 0.305 e. The zero-order valence-corrected chi connectivity index (χ0v) is 11.6. The van der Waals surface area contributed by atoms with Gasteiger partial charge in [0.15, 0.2) is 6.10 Å². The Hall–Kier alpha value is -1.10. The van der Waals surface area contributed by atoms with Crippen LogP contribution in [-0.4, -0.2) is 30.4 Å². The summed E-state index contributed by atoms with van der Waals surface area (Å²) in [6.07, 6.45) is -0.427. The van der Waals surface area contributed by atoms with Crippen molar-refractivity contribution >= 4 is 11.9 Å². The van der Waals surface area contributed by atoms with Gasteiger partial charge in [0.25, 0.3) is 0 Å². The zero-order valence-electron chi connectivity index (χ0n) is 11.6. The minimum atomic E-state index is -0.791. The Bertz CT molecular complexity index is 315. The van der Waals surface area contributed by atoms with E-state index in [0.29, 0.717) is 5.92 Å². The van der Waals surface area contributed by atoms with E-state index in [4.69, 9.17) is 14.2 Å². The Morgan fingerprint density at radius 1 is 1.22 bits per heavy atom. The van der Waals surface area contributed by atoms with Gasteiger partial charge in [0.2, 0.25) is 6.29 Å². The second kappa shape index (κ2) is 6.18. The van der Waals surface area contributed by atoms with Crippen LogP contribution in [0.15, 0.2) is 0 Å². The lowest BCUT2D eigenvalue weighted by molar-refractivity contribution is -0.196. The molecule has 5 heteroatoms. The molecule has 1 aliphatic rings. The summed E-state index contributed by atoms with van der Waals surface area (Å²) in [5.74, 6) is -0.502. The van der Waals surface area contributed by atoms with Gasteiger partial charge in [0.05, 0.1) is 6.10 Å². The molecule has 0 aromatic rings. The summed E-state index contributed by atoms with van der Waals surface area (Å²) < 4.78 is 16.0. The highest BCUT2D eigenvalue weighted by Crippen LogP contribution is 2.35. The number of ether oxygens (including phenoxy) is 3. The SMILES string of the molecule is CCC(C)[C@H]1OC(OC(C)=O)[C@H](OC(C)=O)[C@H]1C. The number of rotatable bonds is 4. The molecule has 0 aromatic heterocycles. The standard InChI is InChI=1S/C13H22O5/c1-6-7(2)11-8(3)12(16-9(4)14)13(18-11)17-10(5)15/h7-8,11-13H,6H2,1-5H3/t7?,8-,11+,12+,13?/m0/s1. The normalized spacial score (nSPS) is 32.9. The lowest BCUT2D eigenvalue weighted by Crippen LogP contribution is -2.34. The van der Waals surface area contributed by atoms with E-state index >= 15 is 0 Å². The Labute approximate surface area is 108 Å². The first-order valence-electron chi connectivity index (χ1n) is 6.36. The number of esters is 2. The smallest absolute Gasteiger partial charge is 0.305 e. The topological polar surface area (TPSA) is 61.8 Å². The Morgan fingerprint density at radius 3 is 2.22 bits per heavy atom. The molecule has 18 heavy (non-hydrogen) atoms. The first-order valence-corrected chi connectivity index (χ1v) is 6.36. The van der Waals surface area contributed by atoms with Crippen molar-refractivity contribution in [1.82, 2.24) is 0 Å². The van der Waals surface area contributed by atoms with Gasteiger partial charge in [0, 0.05) is 19.8 Å². The molecule has 1 rings (SSSR count). The molecular formula is C13H22O5. The predicted molar refractivity (Wildman–Crippen MR) is 64.6 cm³/mol. The monoisotopic (exact) mass is 258 g/mol. The third-order valence-corrected chi connectivity index (χ3v) is 3.38. The average molecular weight is 258 g/mol. The largest absolute Gasteiger partial charge is 0.455 e. The molecule has 0 spiro atoms. The van der Waals surface area contributed by atoms with Gasteiger partial charge in [-0.1, -0.05) is 27.2 Å². The summed E-state index contributed by atoms with van der Waals surface area (Å²) in [5, 5.41) is 0. The average Bonchev–Trinajstić information content (AvgIpc) is 2.55. The van der Waals surface area contributed by atoms with Crippen LogP contribution in [0.1, 0.15) is 41.0 Å². The highest BCUT2D eigenvalue weighted by atomic mass is 16.7. The molecule has 0 radical (unpaired) electrons. The van der Waals surface area contributed by atoms with E-state index in [9.17, 15) is 9.59 Å². The quantitative estimate of drug-likeness (QED) is 0.720. The van der Waals surface area contributed by atoms with Crippen LogP contribution in [0.5, 0.6) is 0 Å². The third-order valence-electron chi connectivity index (χ3n) is 3.38. The molecule has 0 saturated carbocycles. The van der Waals surface area contributed by atoms with Crippen molar-refractivity contribution in [3.63, 3.8) is 0 Å². The summed E-state index contributed by atoms with van der Waals surface area (Å²) in [7, 11) is 0. The van der Waals surface area contributed by atoms with Crippen molar-refractivity contribution in [3.05, 3.63) is 0 Å². The predicted octanol–water partition coefficient (Wildman–Crippen LogP) is 1.89. The van der Waals surface area contributed by atoms with Crippen LogP contribution in [0.4, 0.5) is 0 Å².